The van der Waals surface area contributed by atoms with Gasteiger partial charge in [0.1, 0.15) is 7.85 Å². The number of hydrogen-bond donors (Lipinski definition) is 1. The molecule has 0 aliphatic heterocycles. The van der Waals surface area contributed by atoms with Crippen LogP contribution in [0, 0.1) is 0 Å². The van der Waals surface area contributed by atoms with Crippen LogP contribution in [0.15, 0.2) is 12.3 Å². The van der Waals surface area contributed by atoms with Gasteiger partial charge in [-0.1, -0.05) is 0 Å². The second-order valence-corrected chi connectivity index (χ2v) is 2.31. The molecule has 0 spiro atoms. The first-order chi connectivity index (χ1) is 4.68. The van der Waals surface area contributed by atoms with Gasteiger partial charge in [-0.3, -0.25) is 4.68 Å². The second kappa shape index (κ2) is 2.88. The Balaban J connectivity index is 2.58. The third-order valence-corrected chi connectivity index (χ3v) is 1.11. The van der Waals surface area contributed by atoms with Crippen molar-refractivity contribution in [1.82, 2.24) is 9.78 Å². The minimum absolute atomic E-state index is 0.376. The van der Waals surface area contributed by atoms with Gasteiger partial charge >= 0.3 is 0 Å². The van der Waals surface area contributed by atoms with E-state index in [0.717, 1.165) is 0 Å². The van der Waals surface area contributed by atoms with Crippen LogP contribution < -0.4 is 5.59 Å². The van der Waals surface area contributed by atoms with E-state index >= 15 is 0 Å². The lowest BCUT2D eigenvalue weighted by molar-refractivity contribution is 0.168. The molecular weight excluding hydrogens is 127 g/mol. The maximum Gasteiger partial charge on any atom is 0.144 e. The molecule has 1 atom stereocenters. The highest BCUT2D eigenvalue weighted by molar-refractivity contribution is 6.30. The molecule has 1 N–H and O–H groups in total. The molecule has 52 valence electrons. The van der Waals surface area contributed by atoms with E-state index in [1.807, 2.05) is 0 Å². The van der Waals surface area contributed by atoms with Gasteiger partial charge in [0.05, 0.1) is 12.6 Å². The minimum Gasteiger partial charge on any atom is -0.391 e. The Bertz CT molecular complexity index is 209. The smallest absolute Gasteiger partial charge is 0.144 e. The van der Waals surface area contributed by atoms with Crippen LogP contribution >= 0.6 is 0 Å². The Hall–Kier alpha value is -0.765. The molecule has 0 aromatic carbocycles. The first kappa shape index (κ1) is 7.34. The van der Waals surface area contributed by atoms with Gasteiger partial charge in [0, 0.05) is 11.8 Å². The summed E-state index contributed by atoms with van der Waals surface area (Å²) in [4.78, 5) is 0. The Morgan fingerprint density at radius 2 is 2.60 bits per heavy atom. The molecule has 1 heterocycles. The summed E-state index contributed by atoms with van der Waals surface area (Å²) in [5.74, 6) is 0. The van der Waals surface area contributed by atoms with Gasteiger partial charge in [-0.05, 0) is 13.0 Å². The van der Waals surface area contributed by atoms with Crippen molar-refractivity contribution < 1.29 is 5.11 Å². The standard InChI is InChI=1S/C6H9BN2O/c1-5(10)4-9-3-2-6(7)8-9/h2-3,5,10H,4H2,1H3/t5-/m0/s1. The van der Waals surface area contributed by atoms with Crippen molar-refractivity contribution in [2.24, 2.45) is 0 Å². The van der Waals surface area contributed by atoms with Gasteiger partial charge in [0.2, 0.25) is 0 Å². The molecule has 0 bridgehead atoms. The fourth-order valence-electron chi connectivity index (χ4n) is 0.750. The summed E-state index contributed by atoms with van der Waals surface area (Å²) < 4.78 is 1.61. The predicted molar refractivity (Wildman–Crippen MR) is 39.3 cm³/mol. The average Bonchev–Trinajstić information content (AvgIpc) is 2.13. The highest BCUT2D eigenvalue weighted by atomic mass is 16.3. The molecule has 10 heavy (non-hydrogen) atoms. The predicted octanol–water partition coefficient (Wildman–Crippen LogP) is -0.942. The van der Waals surface area contributed by atoms with Crippen LogP contribution in [0.5, 0.6) is 0 Å². The summed E-state index contributed by atoms with van der Waals surface area (Å²) in [5, 5.41) is 12.8. The first-order valence-electron chi connectivity index (χ1n) is 3.15. The Morgan fingerprint density at radius 3 is 3.00 bits per heavy atom. The van der Waals surface area contributed by atoms with E-state index in [4.69, 9.17) is 13.0 Å². The molecule has 0 saturated heterocycles. The lowest BCUT2D eigenvalue weighted by Gasteiger charge is -2.02. The zero-order chi connectivity index (χ0) is 7.56. The maximum atomic E-state index is 8.91. The van der Waals surface area contributed by atoms with Crippen molar-refractivity contribution in [3.05, 3.63) is 12.3 Å². The normalized spacial score (nSPS) is 13.4. The van der Waals surface area contributed by atoms with E-state index in [1.165, 1.54) is 0 Å². The SMILES string of the molecule is [B]c1ccn(C[C@H](C)O)n1. The fraction of sp³-hybridized carbons (Fsp3) is 0.500. The van der Waals surface area contributed by atoms with Crippen LogP contribution in [0.1, 0.15) is 6.92 Å². The second-order valence-electron chi connectivity index (χ2n) is 2.31. The molecule has 0 amide bonds. The van der Waals surface area contributed by atoms with Crippen LogP contribution in [-0.4, -0.2) is 28.8 Å². The summed E-state index contributed by atoms with van der Waals surface area (Å²) >= 11 is 0. The molecule has 1 aromatic rings. The highest BCUT2D eigenvalue weighted by Gasteiger charge is 1.97. The zero-order valence-electron chi connectivity index (χ0n) is 5.86. The summed E-state index contributed by atoms with van der Waals surface area (Å²) in [6.45, 7) is 2.20. The molecule has 0 fully saturated rings. The summed E-state index contributed by atoms with van der Waals surface area (Å²) in [6, 6.07) is 1.70. The number of hydrogen-bond acceptors (Lipinski definition) is 2. The average molecular weight is 136 g/mol. The lowest BCUT2D eigenvalue weighted by Crippen LogP contribution is -2.15. The third-order valence-electron chi connectivity index (χ3n) is 1.11. The molecule has 1 aromatic heterocycles. The fourth-order valence-corrected chi connectivity index (χ4v) is 0.750. The molecule has 2 radical (unpaired) electrons. The van der Waals surface area contributed by atoms with Crippen LogP contribution in [0.3, 0.4) is 0 Å². The summed E-state index contributed by atoms with van der Waals surface area (Å²) in [5.41, 5.74) is 0.487. The highest BCUT2D eigenvalue weighted by Crippen LogP contribution is 1.86. The molecule has 0 aliphatic rings. The maximum absolute atomic E-state index is 8.91. The molecular formula is C6H9BN2O. The molecule has 0 saturated carbocycles. The number of aliphatic hydroxyl groups excluding tert-OH is 1. The molecule has 0 unspecified atom stereocenters. The Labute approximate surface area is 61.1 Å². The number of nitrogens with zero attached hydrogens (tertiary/aromatic N) is 2. The number of rotatable bonds is 2. The van der Waals surface area contributed by atoms with Gasteiger partial charge in [0.25, 0.3) is 0 Å². The Morgan fingerprint density at radius 1 is 1.90 bits per heavy atom. The van der Waals surface area contributed by atoms with Crippen LogP contribution in [-0.2, 0) is 6.54 Å². The van der Waals surface area contributed by atoms with Gasteiger partial charge < -0.3 is 5.11 Å². The van der Waals surface area contributed by atoms with Crippen molar-refractivity contribution in [3.63, 3.8) is 0 Å². The van der Waals surface area contributed by atoms with Gasteiger partial charge in [-0.15, -0.1) is 0 Å². The quantitative estimate of drug-likeness (QED) is 0.532. The lowest BCUT2D eigenvalue weighted by atomic mass is 10.1. The number of aromatic nitrogens is 2. The van der Waals surface area contributed by atoms with Crippen molar-refractivity contribution in [3.8, 4) is 0 Å². The molecule has 4 heteroatoms. The largest absolute Gasteiger partial charge is 0.391 e. The minimum atomic E-state index is -0.376. The third kappa shape index (κ3) is 1.88. The first-order valence-corrected chi connectivity index (χ1v) is 3.15. The monoisotopic (exact) mass is 136 g/mol. The molecule has 3 nitrogen and oxygen atoms in total. The van der Waals surface area contributed by atoms with Crippen molar-refractivity contribution >= 4 is 13.4 Å². The van der Waals surface area contributed by atoms with Crippen molar-refractivity contribution in [1.29, 1.82) is 0 Å². The van der Waals surface area contributed by atoms with Crippen LogP contribution in [0.25, 0.3) is 0 Å². The van der Waals surface area contributed by atoms with Crippen LogP contribution in [0.2, 0.25) is 0 Å². The van der Waals surface area contributed by atoms with E-state index in [0.29, 0.717) is 12.1 Å². The van der Waals surface area contributed by atoms with E-state index < -0.39 is 0 Å². The van der Waals surface area contributed by atoms with Gasteiger partial charge in [0.15, 0.2) is 0 Å². The van der Waals surface area contributed by atoms with E-state index in [2.05, 4.69) is 5.10 Å². The van der Waals surface area contributed by atoms with Gasteiger partial charge in [-0.25, -0.2) is 0 Å². The Kier molecular flexibility index (Phi) is 2.11. The van der Waals surface area contributed by atoms with E-state index in [9.17, 15) is 0 Å². The van der Waals surface area contributed by atoms with Crippen molar-refractivity contribution in [2.45, 2.75) is 19.6 Å². The summed E-state index contributed by atoms with van der Waals surface area (Å²) in [6.07, 6.45) is 1.36. The number of aliphatic hydroxyl groups is 1. The summed E-state index contributed by atoms with van der Waals surface area (Å²) in [7, 11) is 5.34. The molecule has 0 aliphatic carbocycles. The van der Waals surface area contributed by atoms with Crippen LogP contribution in [0.4, 0.5) is 0 Å². The van der Waals surface area contributed by atoms with Crippen molar-refractivity contribution in [2.75, 3.05) is 0 Å². The van der Waals surface area contributed by atoms with Gasteiger partial charge in [-0.2, -0.15) is 5.10 Å². The van der Waals surface area contributed by atoms with E-state index in [-0.39, 0.29) is 6.10 Å². The zero-order valence-corrected chi connectivity index (χ0v) is 5.86. The molecule has 1 rings (SSSR count). The topological polar surface area (TPSA) is 38.0 Å². The van der Waals surface area contributed by atoms with E-state index in [1.54, 1.807) is 23.9 Å².